The Morgan fingerprint density at radius 2 is 1.84 bits per heavy atom. The van der Waals surface area contributed by atoms with Crippen molar-refractivity contribution in [1.29, 1.82) is 0 Å². The van der Waals surface area contributed by atoms with E-state index in [0.717, 1.165) is 12.3 Å². The lowest BCUT2D eigenvalue weighted by Crippen LogP contribution is -2.33. The first-order chi connectivity index (χ1) is 8.93. The van der Waals surface area contributed by atoms with E-state index in [4.69, 9.17) is 13.6 Å². The third-order valence-corrected chi connectivity index (χ3v) is 5.22. The second kappa shape index (κ2) is 8.56. The molecule has 4 heteroatoms. The molecule has 0 aromatic heterocycles. The third-order valence-electron chi connectivity index (χ3n) is 3.71. The smallest absolute Gasteiger partial charge is 0.313 e. The molecule has 0 aromatic carbocycles. The molecular weight excluding hydrogens is 259 g/mol. The minimum absolute atomic E-state index is 0.149. The Balaban J connectivity index is 2.61. The first kappa shape index (κ1) is 17.4. The minimum Gasteiger partial charge on any atom is -0.313 e. The van der Waals surface area contributed by atoms with E-state index >= 15 is 0 Å². The Labute approximate surface area is 120 Å². The van der Waals surface area contributed by atoms with Crippen molar-refractivity contribution < 1.29 is 13.6 Å². The van der Waals surface area contributed by atoms with E-state index in [2.05, 4.69) is 20.8 Å². The van der Waals surface area contributed by atoms with Gasteiger partial charge in [-0.15, -0.1) is 0 Å². The zero-order valence-electron chi connectivity index (χ0n) is 13.4. The van der Waals surface area contributed by atoms with Gasteiger partial charge < -0.3 is 13.6 Å². The summed E-state index contributed by atoms with van der Waals surface area (Å²) in [6.45, 7) is 13.6. The van der Waals surface area contributed by atoms with Gasteiger partial charge in [0.2, 0.25) is 0 Å². The van der Waals surface area contributed by atoms with Crippen LogP contribution in [0.25, 0.3) is 0 Å². The van der Waals surface area contributed by atoms with Gasteiger partial charge >= 0.3 is 8.60 Å². The highest BCUT2D eigenvalue weighted by molar-refractivity contribution is 7.41. The Morgan fingerprint density at radius 3 is 2.37 bits per heavy atom. The molecular formula is C15H31O3P. The van der Waals surface area contributed by atoms with Gasteiger partial charge in [-0.1, -0.05) is 27.2 Å². The quantitative estimate of drug-likeness (QED) is 0.607. The van der Waals surface area contributed by atoms with E-state index in [1.807, 2.05) is 20.8 Å². The van der Waals surface area contributed by atoms with E-state index in [1.165, 1.54) is 12.8 Å². The highest BCUT2D eigenvalue weighted by Crippen LogP contribution is 2.47. The molecule has 1 aliphatic rings. The molecule has 19 heavy (non-hydrogen) atoms. The summed E-state index contributed by atoms with van der Waals surface area (Å²) in [4.78, 5) is 0. The van der Waals surface area contributed by atoms with Crippen molar-refractivity contribution in [2.45, 2.75) is 73.0 Å². The van der Waals surface area contributed by atoms with Crippen LogP contribution in [0.3, 0.4) is 0 Å². The highest BCUT2D eigenvalue weighted by Gasteiger charge is 2.34. The lowest BCUT2D eigenvalue weighted by atomic mass is 9.75. The molecule has 0 radical (unpaired) electrons. The molecule has 0 saturated heterocycles. The standard InChI is InChI=1S/C15H31O3P/c1-7-16-19(17-12(4)5)18-15-10-13(6)8-9-14(15)11(2)3/h11-15H,7-10H2,1-6H3/t13-,14+,15-,19?/m1/s1. The van der Waals surface area contributed by atoms with Gasteiger partial charge in [0.15, 0.2) is 0 Å². The van der Waals surface area contributed by atoms with Crippen molar-refractivity contribution >= 4 is 8.60 Å². The topological polar surface area (TPSA) is 27.7 Å². The predicted molar refractivity (Wildman–Crippen MR) is 81.0 cm³/mol. The molecule has 0 N–H and O–H groups in total. The molecule has 1 aliphatic carbocycles. The van der Waals surface area contributed by atoms with E-state index in [9.17, 15) is 0 Å². The van der Waals surface area contributed by atoms with Crippen molar-refractivity contribution in [1.82, 2.24) is 0 Å². The van der Waals surface area contributed by atoms with Gasteiger partial charge in [0, 0.05) is 0 Å². The van der Waals surface area contributed by atoms with E-state index in [-0.39, 0.29) is 6.10 Å². The summed E-state index contributed by atoms with van der Waals surface area (Å²) < 4.78 is 17.6. The van der Waals surface area contributed by atoms with Crippen LogP contribution in [0.15, 0.2) is 0 Å². The van der Waals surface area contributed by atoms with Crippen molar-refractivity contribution in [2.24, 2.45) is 17.8 Å². The summed E-state index contributed by atoms with van der Waals surface area (Å²) >= 11 is 0. The number of hydrogen-bond acceptors (Lipinski definition) is 3. The second-order valence-corrected chi connectivity index (χ2v) is 7.39. The maximum absolute atomic E-state index is 6.21. The summed E-state index contributed by atoms with van der Waals surface area (Å²) in [6.07, 6.45) is 4.16. The molecule has 1 rings (SSSR count). The zero-order chi connectivity index (χ0) is 14.4. The summed E-state index contributed by atoms with van der Waals surface area (Å²) in [6, 6.07) is 0. The van der Waals surface area contributed by atoms with Gasteiger partial charge in [0.05, 0.1) is 18.8 Å². The predicted octanol–water partition coefficient (Wildman–Crippen LogP) is 5.15. The summed E-state index contributed by atoms with van der Waals surface area (Å²) in [5.41, 5.74) is 0. The molecule has 1 fully saturated rings. The molecule has 0 aliphatic heterocycles. The molecule has 4 atom stereocenters. The molecule has 1 unspecified atom stereocenters. The van der Waals surface area contributed by atoms with Crippen LogP contribution in [0.5, 0.6) is 0 Å². The first-order valence-electron chi connectivity index (χ1n) is 7.70. The molecule has 3 nitrogen and oxygen atoms in total. The Bertz CT molecular complexity index is 246. The molecule has 0 aromatic rings. The van der Waals surface area contributed by atoms with E-state index < -0.39 is 8.60 Å². The van der Waals surface area contributed by atoms with Crippen LogP contribution in [-0.2, 0) is 13.6 Å². The molecule has 0 spiro atoms. The maximum atomic E-state index is 6.21. The zero-order valence-corrected chi connectivity index (χ0v) is 14.3. The molecule has 114 valence electrons. The van der Waals surface area contributed by atoms with Gasteiger partial charge in [-0.3, -0.25) is 0 Å². The molecule has 1 saturated carbocycles. The van der Waals surface area contributed by atoms with Crippen LogP contribution in [0.1, 0.15) is 60.8 Å². The van der Waals surface area contributed by atoms with Gasteiger partial charge in [0.25, 0.3) is 0 Å². The average Bonchev–Trinajstić information content (AvgIpc) is 2.27. The van der Waals surface area contributed by atoms with Crippen molar-refractivity contribution in [3.05, 3.63) is 0 Å². The highest BCUT2D eigenvalue weighted by atomic mass is 31.2. The maximum Gasteiger partial charge on any atom is 0.333 e. The fraction of sp³-hybridized carbons (Fsp3) is 1.00. The third kappa shape index (κ3) is 6.08. The van der Waals surface area contributed by atoms with Crippen LogP contribution < -0.4 is 0 Å². The summed E-state index contributed by atoms with van der Waals surface area (Å²) in [7, 11) is -1.19. The van der Waals surface area contributed by atoms with Crippen LogP contribution in [0.2, 0.25) is 0 Å². The fourth-order valence-electron chi connectivity index (χ4n) is 2.71. The largest absolute Gasteiger partial charge is 0.333 e. The number of rotatable bonds is 7. The lowest BCUT2D eigenvalue weighted by molar-refractivity contribution is 0.0187. The SMILES string of the molecule is CCOP(OC(C)C)O[C@@H]1C[C@H](C)CC[C@H]1C(C)C. The average molecular weight is 290 g/mol. The number of hydrogen-bond donors (Lipinski definition) is 0. The first-order valence-corrected chi connectivity index (χ1v) is 8.80. The monoisotopic (exact) mass is 290 g/mol. The van der Waals surface area contributed by atoms with Gasteiger partial charge in [-0.2, -0.15) is 0 Å². The Morgan fingerprint density at radius 1 is 1.16 bits per heavy atom. The Hall–Kier alpha value is 0.310. The van der Waals surface area contributed by atoms with Crippen LogP contribution in [0.4, 0.5) is 0 Å². The molecule has 0 amide bonds. The van der Waals surface area contributed by atoms with Gasteiger partial charge in [-0.05, 0) is 51.4 Å². The summed E-state index contributed by atoms with van der Waals surface area (Å²) in [5.74, 6) is 2.05. The van der Waals surface area contributed by atoms with Crippen LogP contribution in [0, 0.1) is 17.8 Å². The molecule has 0 heterocycles. The van der Waals surface area contributed by atoms with E-state index in [1.54, 1.807) is 0 Å². The normalized spacial score (nSPS) is 30.0. The second-order valence-electron chi connectivity index (χ2n) is 6.27. The van der Waals surface area contributed by atoms with Crippen molar-refractivity contribution in [3.8, 4) is 0 Å². The van der Waals surface area contributed by atoms with Crippen molar-refractivity contribution in [3.63, 3.8) is 0 Å². The molecule has 0 bridgehead atoms. The minimum atomic E-state index is -1.19. The summed E-state index contributed by atoms with van der Waals surface area (Å²) in [5, 5.41) is 0. The van der Waals surface area contributed by atoms with Gasteiger partial charge in [0.1, 0.15) is 0 Å². The van der Waals surface area contributed by atoms with Crippen LogP contribution in [-0.4, -0.2) is 18.8 Å². The van der Waals surface area contributed by atoms with Crippen LogP contribution >= 0.6 is 8.60 Å². The van der Waals surface area contributed by atoms with E-state index in [0.29, 0.717) is 24.5 Å². The van der Waals surface area contributed by atoms with Gasteiger partial charge in [-0.25, -0.2) is 0 Å². The Kier molecular flexibility index (Phi) is 7.83. The van der Waals surface area contributed by atoms with Crippen molar-refractivity contribution in [2.75, 3.05) is 6.61 Å². The fourth-order valence-corrected chi connectivity index (χ4v) is 3.90. The lowest BCUT2D eigenvalue weighted by Gasteiger charge is -2.38.